The number of nitrogens with zero attached hydrogens (tertiary/aromatic N) is 2. The minimum absolute atomic E-state index is 0.114. The molecule has 1 heterocycles. The molecule has 0 saturated heterocycles. The number of nitrogen functional groups attached to an aromatic ring is 1. The molecule has 3 aromatic carbocycles. The van der Waals surface area contributed by atoms with Gasteiger partial charge in [0, 0.05) is 25.7 Å². The van der Waals surface area contributed by atoms with E-state index in [-0.39, 0.29) is 17.4 Å². The van der Waals surface area contributed by atoms with Crippen LogP contribution in [0.1, 0.15) is 21.6 Å². The van der Waals surface area contributed by atoms with Gasteiger partial charge in [-0.1, -0.05) is 72.8 Å². The molecule has 0 aliphatic carbocycles. The lowest BCUT2D eigenvalue weighted by atomic mass is 9.99. The van der Waals surface area contributed by atoms with E-state index in [4.69, 9.17) is 5.73 Å². The lowest BCUT2D eigenvalue weighted by Crippen LogP contribution is -2.21. The van der Waals surface area contributed by atoms with Gasteiger partial charge in [0.25, 0.3) is 5.91 Å². The van der Waals surface area contributed by atoms with Crippen molar-refractivity contribution in [2.24, 2.45) is 0 Å². The normalized spacial score (nSPS) is 10.7. The summed E-state index contributed by atoms with van der Waals surface area (Å²) < 4.78 is 0. The van der Waals surface area contributed by atoms with Crippen LogP contribution in [0.5, 0.6) is 0 Å². The molecule has 0 spiro atoms. The van der Waals surface area contributed by atoms with Crippen LogP contribution >= 0.6 is 0 Å². The fourth-order valence-corrected chi connectivity index (χ4v) is 3.58. The van der Waals surface area contributed by atoms with E-state index < -0.39 is 0 Å². The third-order valence-corrected chi connectivity index (χ3v) is 5.21. The Morgan fingerprint density at radius 2 is 1.66 bits per heavy atom. The van der Waals surface area contributed by atoms with Crippen LogP contribution in [0.4, 0.5) is 5.82 Å². The van der Waals surface area contributed by atoms with E-state index in [1.807, 2.05) is 24.3 Å². The van der Waals surface area contributed by atoms with Crippen LogP contribution in [0.15, 0.2) is 85.1 Å². The molecule has 0 atom stereocenters. The van der Waals surface area contributed by atoms with E-state index in [2.05, 4.69) is 75.2 Å². The summed E-state index contributed by atoms with van der Waals surface area (Å²) in [6.45, 7) is 1.44. The van der Waals surface area contributed by atoms with E-state index in [1.54, 1.807) is 13.2 Å². The molecule has 4 rings (SSSR count). The van der Waals surface area contributed by atoms with Gasteiger partial charge in [0.2, 0.25) is 0 Å². The van der Waals surface area contributed by atoms with Crippen LogP contribution in [0.3, 0.4) is 0 Å². The van der Waals surface area contributed by atoms with Crippen molar-refractivity contribution in [2.75, 3.05) is 12.8 Å². The first-order valence-electron chi connectivity index (χ1n) is 10.4. The van der Waals surface area contributed by atoms with Crippen molar-refractivity contribution in [3.63, 3.8) is 0 Å². The Morgan fingerprint density at radius 3 is 2.47 bits per heavy atom. The van der Waals surface area contributed by atoms with Gasteiger partial charge in [-0.3, -0.25) is 4.79 Å². The van der Waals surface area contributed by atoms with Crippen molar-refractivity contribution < 1.29 is 4.79 Å². The van der Waals surface area contributed by atoms with Gasteiger partial charge < -0.3 is 16.4 Å². The first-order valence-corrected chi connectivity index (χ1v) is 10.4. The topological polar surface area (TPSA) is 92.9 Å². The van der Waals surface area contributed by atoms with Crippen molar-refractivity contribution in [1.29, 1.82) is 0 Å². The Hall–Kier alpha value is -4.03. The molecule has 4 aromatic rings. The summed E-state index contributed by atoms with van der Waals surface area (Å²) in [5, 5.41) is 6.08. The average molecular weight is 424 g/mol. The number of amides is 1. The van der Waals surface area contributed by atoms with Crippen molar-refractivity contribution in [2.45, 2.75) is 13.1 Å². The lowest BCUT2D eigenvalue weighted by Gasteiger charge is -2.12. The number of benzene rings is 3. The molecule has 0 fully saturated rings. The molecule has 1 amide bonds. The second kappa shape index (κ2) is 9.85. The molecule has 6 heteroatoms. The number of hydrogen-bond acceptors (Lipinski definition) is 5. The van der Waals surface area contributed by atoms with E-state index in [9.17, 15) is 4.79 Å². The molecule has 160 valence electrons. The van der Waals surface area contributed by atoms with Crippen LogP contribution in [0.25, 0.3) is 22.4 Å². The van der Waals surface area contributed by atoms with Crippen molar-refractivity contribution >= 4 is 11.7 Å². The van der Waals surface area contributed by atoms with Gasteiger partial charge in [0.1, 0.15) is 0 Å². The highest BCUT2D eigenvalue weighted by Gasteiger charge is 2.13. The monoisotopic (exact) mass is 423 g/mol. The predicted molar refractivity (Wildman–Crippen MR) is 128 cm³/mol. The Balaban J connectivity index is 1.48. The number of carbonyl (C=O) groups is 1. The number of hydrogen-bond donors (Lipinski definition) is 3. The van der Waals surface area contributed by atoms with E-state index in [1.165, 1.54) is 16.7 Å². The molecule has 32 heavy (non-hydrogen) atoms. The Bertz CT molecular complexity index is 1220. The third-order valence-electron chi connectivity index (χ3n) is 5.21. The Kier molecular flexibility index (Phi) is 6.53. The van der Waals surface area contributed by atoms with Crippen LogP contribution in [-0.2, 0) is 13.1 Å². The van der Waals surface area contributed by atoms with E-state index in [0.29, 0.717) is 12.2 Å². The largest absolute Gasteiger partial charge is 0.382 e. The summed E-state index contributed by atoms with van der Waals surface area (Å²) in [5.41, 5.74) is 12.2. The van der Waals surface area contributed by atoms with Crippen molar-refractivity contribution in [3.05, 3.63) is 102 Å². The minimum Gasteiger partial charge on any atom is -0.382 e. The van der Waals surface area contributed by atoms with Crippen molar-refractivity contribution in [3.8, 4) is 22.4 Å². The highest BCUT2D eigenvalue weighted by Crippen LogP contribution is 2.24. The number of nitrogens with two attached hydrogens (primary N) is 1. The molecule has 0 unspecified atom stereocenters. The average Bonchev–Trinajstić information content (AvgIpc) is 2.85. The summed E-state index contributed by atoms with van der Waals surface area (Å²) in [4.78, 5) is 20.5. The molecule has 1 aromatic heterocycles. The molecular formula is C26H25N5O. The second-order valence-corrected chi connectivity index (χ2v) is 7.40. The van der Waals surface area contributed by atoms with E-state index in [0.717, 1.165) is 17.7 Å². The maximum Gasteiger partial charge on any atom is 0.273 e. The zero-order valence-corrected chi connectivity index (χ0v) is 17.9. The minimum atomic E-state index is -0.355. The molecule has 0 aliphatic heterocycles. The summed E-state index contributed by atoms with van der Waals surface area (Å²) in [7, 11) is 1.54. The summed E-state index contributed by atoms with van der Waals surface area (Å²) in [5.74, 6) is -0.241. The smallest absolute Gasteiger partial charge is 0.273 e. The maximum atomic E-state index is 12.0. The van der Waals surface area contributed by atoms with Crippen LogP contribution in [-0.4, -0.2) is 22.9 Å². The van der Waals surface area contributed by atoms with E-state index >= 15 is 0 Å². The lowest BCUT2D eigenvalue weighted by molar-refractivity contribution is 0.0959. The van der Waals surface area contributed by atoms with Gasteiger partial charge in [-0.05, 0) is 28.3 Å². The number of anilines is 1. The number of nitrogens with one attached hydrogen (secondary N) is 2. The Morgan fingerprint density at radius 1 is 0.906 bits per heavy atom. The van der Waals surface area contributed by atoms with Gasteiger partial charge in [0.05, 0.1) is 11.9 Å². The predicted octanol–water partition coefficient (Wildman–Crippen LogP) is 4.04. The number of aromatic nitrogens is 2. The first-order chi connectivity index (χ1) is 15.7. The van der Waals surface area contributed by atoms with Gasteiger partial charge in [-0.25, -0.2) is 9.97 Å². The quantitative estimate of drug-likeness (QED) is 0.417. The number of rotatable bonds is 7. The molecule has 0 radical (unpaired) electrons. The summed E-state index contributed by atoms with van der Waals surface area (Å²) in [6, 6.07) is 26.8. The number of carbonyl (C=O) groups excluding carboxylic acids is 1. The zero-order valence-electron chi connectivity index (χ0n) is 17.9. The third kappa shape index (κ3) is 4.82. The summed E-state index contributed by atoms with van der Waals surface area (Å²) >= 11 is 0. The summed E-state index contributed by atoms with van der Waals surface area (Å²) in [6.07, 6.45) is 1.59. The fraction of sp³-hybridized carbons (Fsp3) is 0.115. The SMILES string of the molecule is CNC(=O)c1nc(-c2cccc(CNCc3ccccc3-c3ccccc3)c2)cnc1N. The van der Waals surface area contributed by atoms with Gasteiger partial charge >= 0.3 is 0 Å². The maximum absolute atomic E-state index is 12.0. The molecule has 6 nitrogen and oxygen atoms in total. The van der Waals surface area contributed by atoms with Gasteiger partial charge in [-0.2, -0.15) is 0 Å². The van der Waals surface area contributed by atoms with Gasteiger partial charge in [0.15, 0.2) is 11.5 Å². The fourth-order valence-electron chi connectivity index (χ4n) is 3.58. The standard InChI is InChI=1S/C26H25N5O/c1-28-26(32)24-25(27)30-17-23(31-24)20-12-7-8-18(14-20)15-29-16-21-11-5-6-13-22(21)19-9-3-2-4-10-19/h2-14,17,29H,15-16H2,1H3,(H2,27,30)(H,28,32). The highest BCUT2D eigenvalue weighted by molar-refractivity contribution is 5.96. The molecular weight excluding hydrogens is 398 g/mol. The molecule has 0 saturated carbocycles. The molecule has 0 aliphatic rings. The first kappa shape index (κ1) is 21.2. The van der Waals surface area contributed by atoms with Crippen LogP contribution in [0, 0.1) is 0 Å². The highest BCUT2D eigenvalue weighted by atomic mass is 16.1. The zero-order chi connectivity index (χ0) is 22.3. The van der Waals surface area contributed by atoms with Crippen LogP contribution < -0.4 is 16.4 Å². The van der Waals surface area contributed by atoms with Gasteiger partial charge in [-0.15, -0.1) is 0 Å². The second-order valence-electron chi connectivity index (χ2n) is 7.40. The van der Waals surface area contributed by atoms with Crippen molar-refractivity contribution in [1.82, 2.24) is 20.6 Å². The van der Waals surface area contributed by atoms with Crippen LogP contribution in [0.2, 0.25) is 0 Å². The Labute approximate surface area is 187 Å². The molecule has 0 bridgehead atoms. The molecule has 4 N–H and O–H groups in total.